The maximum atomic E-state index is 11.0. The van der Waals surface area contributed by atoms with Crippen LogP contribution in [0.25, 0.3) is 0 Å². The van der Waals surface area contributed by atoms with Gasteiger partial charge in [-0.05, 0) is 31.8 Å². The zero-order valence-corrected chi connectivity index (χ0v) is 13.9. The number of carboxylic acids is 1. The van der Waals surface area contributed by atoms with Crippen LogP contribution in [0.2, 0.25) is 0 Å². The van der Waals surface area contributed by atoms with Crippen LogP contribution in [0.4, 0.5) is 0 Å². The molecule has 0 amide bonds. The van der Waals surface area contributed by atoms with Crippen molar-refractivity contribution in [1.29, 1.82) is 0 Å². The lowest BCUT2D eigenvalue weighted by Gasteiger charge is -2.18. The predicted molar refractivity (Wildman–Crippen MR) is 86.2 cm³/mol. The molecule has 0 atom stereocenters. The fourth-order valence-corrected chi connectivity index (χ4v) is 4.05. The van der Waals surface area contributed by atoms with E-state index in [4.69, 9.17) is 10.1 Å². The van der Waals surface area contributed by atoms with E-state index < -0.39 is 5.97 Å². The molecule has 0 radical (unpaired) electrons. The van der Waals surface area contributed by atoms with Crippen molar-refractivity contribution in [3.8, 4) is 0 Å². The SMILES string of the molecule is CC(C)c1nc(CCN2CCCCCC2)sc1CC(=O)O. The van der Waals surface area contributed by atoms with Crippen molar-refractivity contribution in [3.05, 3.63) is 15.6 Å². The van der Waals surface area contributed by atoms with E-state index in [1.54, 1.807) is 11.3 Å². The monoisotopic (exact) mass is 310 g/mol. The number of nitrogens with zero attached hydrogens (tertiary/aromatic N) is 2. The zero-order valence-electron chi connectivity index (χ0n) is 13.1. The summed E-state index contributed by atoms with van der Waals surface area (Å²) in [6.07, 6.45) is 6.37. The van der Waals surface area contributed by atoms with E-state index in [9.17, 15) is 4.79 Å². The molecule has 1 saturated heterocycles. The molecule has 0 aromatic carbocycles. The smallest absolute Gasteiger partial charge is 0.308 e. The Morgan fingerprint density at radius 2 is 1.95 bits per heavy atom. The number of aliphatic carboxylic acids is 1. The van der Waals surface area contributed by atoms with E-state index in [2.05, 4.69) is 18.7 Å². The molecule has 21 heavy (non-hydrogen) atoms. The Morgan fingerprint density at radius 1 is 1.29 bits per heavy atom. The first kappa shape index (κ1) is 16.4. The quantitative estimate of drug-likeness (QED) is 0.876. The molecular formula is C16H26N2O2S. The lowest BCUT2D eigenvalue weighted by Crippen LogP contribution is -2.26. The molecule has 2 rings (SSSR count). The molecule has 1 N–H and O–H groups in total. The Bertz CT molecular complexity index is 463. The average molecular weight is 310 g/mol. The van der Waals surface area contributed by atoms with Gasteiger partial charge in [-0.3, -0.25) is 4.79 Å². The molecule has 118 valence electrons. The molecule has 1 aliphatic rings. The van der Waals surface area contributed by atoms with E-state index in [1.807, 2.05) is 0 Å². The maximum absolute atomic E-state index is 11.0. The maximum Gasteiger partial charge on any atom is 0.308 e. The minimum absolute atomic E-state index is 0.106. The van der Waals surface area contributed by atoms with Crippen molar-refractivity contribution in [1.82, 2.24) is 9.88 Å². The van der Waals surface area contributed by atoms with Gasteiger partial charge >= 0.3 is 5.97 Å². The van der Waals surface area contributed by atoms with Gasteiger partial charge in [-0.15, -0.1) is 11.3 Å². The molecule has 1 aliphatic heterocycles. The summed E-state index contributed by atoms with van der Waals surface area (Å²) in [7, 11) is 0. The van der Waals surface area contributed by atoms with Crippen LogP contribution < -0.4 is 0 Å². The van der Waals surface area contributed by atoms with Crippen LogP contribution in [-0.2, 0) is 17.6 Å². The van der Waals surface area contributed by atoms with E-state index in [1.165, 1.54) is 38.8 Å². The highest BCUT2D eigenvalue weighted by Crippen LogP contribution is 2.26. The molecule has 0 spiro atoms. The molecule has 2 heterocycles. The van der Waals surface area contributed by atoms with Crippen LogP contribution in [0.15, 0.2) is 0 Å². The summed E-state index contributed by atoms with van der Waals surface area (Å²) < 4.78 is 0. The van der Waals surface area contributed by atoms with Gasteiger partial charge in [0.15, 0.2) is 0 Å². The first-order chi connectivity index (χ1) is 10.1. The third-order valence-electron chi connectivity index (χ3n) is 3.97. The summed E-state index contributed by atoms with van der Waals surface area (Å²) in [5, 5.41) is 10.1. The van der Waals surface area contributed by atoms with Gasteiger partial charge < -0.3 is 10.0 Å². The highest BCUT2D eigenvalue weighted by atomic mass is 32.1. The van der Waals surface area contributed by atoms with Crippen molar-refractivity contribution < 1.29 is 9.90 Å². The summed E-state index contributed by atoms with van der Waals surface area (Å²) in [4.78, 5) is 19.1. The summed E-state index contributed by atoms with van der Waals surface area (Å²) in [5.41, 5.74) is 0.980. The second-order valence-corrected chi connectivity index (χ2v) is 7.32. The summed E-state index contributed by atoms with van der Waals surface area (Å²) in [6.45, 7) is 7.62. The Kier molecular flexibility index (Phi) is 6.18. The van der Waals surface area contributed by atoms with Crippen LogP contribution in [0.1, 0.15) is 61.0 Å². The third-order valence-corrected chi connectivity index (χ3v) is 5.10. The fourth-order valence-electron chi connectivity index (χ4n) is 2.85. The third kappa shape index (κ3) is 5.08. The Morgan fingerprint density at radius 3 is 2.52 bits per heavy atom. The molecule has 0 saturated carbocycles. The van der Waals surface area contributed by atoms with Crippen LogP contribution in [0.5, 0.6) is 0 Å². The topological polar surface area (TPSA) is 53.4 Å². The highest BCUT2D eigenvalue weighted by Gasteiger charge is 2.17. The number of aromatic nitrogens is 1. The number of hydrogen-bond donors (Lipinski definition) is 1. The van der Waals surface area contributed by atoms with E-state index in [-0.39, 0.29) is 6.42 Å². The second-order valence-electron chi connectivity index (χ2n) is 6.15. The predicted octanol–water partition coefficient (Wildman–Crippen LogP) is 3.31. The second kappa shape index (κ2) is 7.90. The van der Waals surface area contributed by atoms with Gasteiger partial charge in [-0.2, -0.15) is 0 Å². The Labute approximate surface area is 131 Å². The molecule has 0 unspecified atom stereocenters. The Hall–Kier alpha value is -0.940. The molecular weight excluding hydrogens is 284 g/mol. The first-order valence-electron chi connectivity index (χ1n) is 7.99. The zero-order chi connectivity index (χ0) is 15.2. The normalized spacial score (nSPS) is 17.1. The first-order valence-corrected chi connectivity index (χ1v) is 8.80. The van der Waals surface area contributed by atoms with Crippen LogP contribution >= 0.6 is 11.3 Å². The van der Waals surface area contributed by atoms with Crippen molar-refractivity contribution in [2.45, 2.75) is 58.3 Å². The van der Waals surface area contributed by atoms with E-state index >= 15 is 0 Å². The highest BCUT2D eigenvalue weighted by molar-refractivity contribution is 7.11. The van der Waals surface area contributed by atoms with Crippen LogP contribution in [-0.4, -0.2) is 40.6 Å². The standard InChI is InChI=1S/C16H26N2O2S/c1-12(2)16-13(11-15(19)20)21-14(17-16)7-10-18-8-5-3-4-6-9-18/h12H,3-11H2,1-2H3,(H,19,20). The van der Waals surface area contributed by atoms with Gasteiger partial charge in [-0.1, -0.05) is 26.7 Å². The minimum atomic E-state index is -0.764. The fraction of sp³-hybridized carbons (Fsp3) is 0.750. The number of rotatable bonds is 6. The summed E-state index contributed by atoms with van der Waals surface area (Å²) >= 11 is 1.59. The van der Waals surface area contributed by atoms with Crippen molar-refractivity contribution in [2.24, 2.45) is 0 Å². The number of carboxylic acid groups (broad SMARTS) is 1. The number of hydrogen-bond acceptors (Lipinski definition) is 4. The molecule has 0 aliphatic carbocycles. The van der Waals surface area contributed by atoms with Gasteiger partial charge in [0.1, 0.15) is 0 Å². The molecule has 4 nitrogen and oxygen atoms in total. The Balaban J connectivity index is 1.97. The average Bonchev–Trinajstić information content (AvgIpc) is 2.64. The molecule has 1 aromatic heterocycles. The minimum Gasteiger partial charge on any atom is -0.481 e. The largest absolute Gasteiger partial charge is 0.481 e. The van der Waals surface area contributed by atoms with E-state index in [0.717, 1.165) is 28.5 Å². The van der Waals surface area contributed by atoms with Crippen LogP contribution in [0.3, 0.4) is 0 Å². The molecule has 5 heteroatoms. The van der Waals surface area contributed by atoms with Crippen molar-refractivity contribution in [2.75, 3.05) is 19.6 Å². The summed E-state index contributed by atoms with van der Waals surface area (Å²) in [6, 6.07) is 0. The number of likely N-dealkylation sites (tertiary alicyclic amines) is 1. The molecule has 1 fully saturated rings. The van der Waals surface area contributed by atoms with Crippen LogP contribution in [0, 0.1) is 0 Å². The lowest BCUT2D eigenvalue weighted by atomic mass is 10.1. The van der Waals surface area contributed by atoms with Gasteiger partial charge in [0.05, 0.1) is 17.1 Å². The van der Waals surface area contributed by atoms with Gasteiger partial charge in [0, 0.05) is 17.8 Å². The molecule has 1 aromatic rings. The van der Waals surface area contributed by atoms with Crippen molar-refractivity contribution >= 4 is 17.3 Å². The summed E-state index contributed by atoms with van der Waals surface area (Å²) in [5.74, 6) is -0.470. The van der Waals surface area contributed by atoms with Gasteiger partial charge in [-0.25, -0.2) is 4.98 Å². The molecule has 0 bridgehead atoms. The van der Waals surface area contributed by atoms with Crippen molar-refractivity contribution in [3.63, 3.8) is 0 Å². The number of carbonyl (C=O) groups is 1. The van der Waals surface area contributed by atoms with E-state index in [0.29, 0.717) is 5.92 Å². The van der Waals surface area contributed by atoms with Gasteiger partial charge in [0.2, 0.25) is 0 Å². The number of thiazole rings is 1. The van der Waals surface area contributed by atoms with Gasteiger partial charge in [0.25, 0.3) is 0 Å². The lowest BCUT2D eigenvalue weighted by molar-refractivity contribution is -0.136.